The van der Waals surface area contributed by atoms with Crippen LogP contribution in [-0.2, 0) is 6.42 Å². The minimum Gasteiger partial charge on any atom is -0.357 e. The zero-order chi connectivity index (χ0) is 9.26. The zero-order valence-electron chi connectivity index (χ0n) is 7.46. The second kappa shape index (κ2) is 3.80. The highest BCUT2D eigenvalue weighted by molar-refractivity contribution is 7.09. The molecule has 1 aromatic heterocycles. The van der Waals surface area contributed by atoms with Crippen LogP contribution in [-0.4, -0.2) is 20.8 Å². The lowest BCUT2D eigenvalue weighted by molar-refractivity contribution is 0.454. The molecular weight excluding hydrogens is 206 g/mol. The Morgan fingerprint density at radius 3 is 2.92 bits per heavy atom. The largest absolute Gasteiger partial charge is 0.357 e. The van der Waals surface area contributed by atoms with Crippen molar-refractivity contribution in [1.29, 1.82) is 0 Å². The summed E-state index contributed by atoms with van der Waals surface area (Å²) in [5.74, 6) is 0.925. The fourth-order valence-electron chi connectivity index (χ4n) is 1.30. The van der Waals surface area contributed by atoms with E-state index in [1.165, 1.54) is 11.5 Å². The first-order chi connectivity index (χ1) is 6.28. The minimum atomic E-state index is 0.357. The van der Waals surface area contributed by atoms with Gasteiger partial charge in [0.1, 0.15) is 5.82 Å². The molecule has 1 N–H and O–H groups in total. The summed E-state index contributed by atoms with van der Waals surface area (Å²) in [7, 11) is 0. The molecule has 0 bridgehead atoms. The normalized spacial score (nSPS) is 26.9. The number of nitrogens with zero attached hydrogens (tertiary/aromatic N) is 2. The number of nitrogens with one attached hydrogen (secondary N) is 1. The number of alkyl halides is 1. The predicted molar refractivity (Wildman–Crippen MR) is 55.6 cm³/mol. The van der Waals surface area contributed by atoms with Crippen LogP contribution in [0.2, 0.25) is 0 Å². The summed E-state index contributed by atoms with van der Waals surface area (Å²) in [5.41, 5.74) is 0. The van der Waals surface area contributed by atoms with E-state index in [9.17, 15) is 0 Å². The zero-order valence-corrected chi connectivity index (χ0v) is 9.03. The SMILES string of the molecule is CCc1nsc(NC2CC(Cl)C2)n1. The molecular formula is C8H12ClN3S. The molecule has 2 rings (SSSR count). The predicted octanol–water partition coefficient (Wildman–Crippen LogP) is 2.28. The van der Waals surface area contributed by atoms with Crippen molar-refractivity contribution in [2.45, 2.75) is 37.6 Å². The maximum atomic E-state index is 5.87. The molecule has 13 heavy (non-hydrogen) atoms. The van der Waals surface area contributed by atoms with Crippen LogP contribution in [0.15, 0.2) is 0 Å². The second-order valence-corrected chi connectivity index (χ2v) is 4.65. The quantitative estimate of drug-likeness (QED) is 0.790. The molecule has 1 aliphatic rings. The third-order valence-corrected chi connectivity index (χ3v) is 3.23. The highest BCUT2D eigenvalue weighted by atomic mass is 35.5. The van der Waals surface area contributed by atoms with Crippen molar-refractivity contribution in [2.75, 3.05) is 5.32 Å². The summed E-state index contributed by atoms with van der Waals surface area (Å²) in [4.78, 5) is 4.33. The third kappa shape index (κ3) is 2.11. The maximum absolute atomic E-state index is 5.87. The molecule has 0 unspecified atom stereocenters. The van der Waals surface area contributed by atoms with E-state index in [0.29, 0.717) is 11.4 Å². The third-order valence-electron chi connectivity index (χ3n) is 2.19. The van der Waals surface area contributed by atoms with Gasteiger partial charge in [-0.3, -0.25) is 0 Å². The molecule has 0 aliphatic heterocycles. The molecule has 1 fully saturated rings. The van der Waals surface area contributed by atoms with Gasteiger partial charge in [0.2, 0.25) is 5.13 Å². The van der Waals surface area contributed by atoms with E-state index in [1.807, 2.05) is 0 Å². The van der Waals surface area contributed by atoms with Crippen molar-refractivity contribution in [3.05, 3.63) is 5.82 Å². The van der Waals surface area contributed by atoms with Crippen molar-refractivity contribution in [3.63, 3.8) is 0 Å². The molecule has 1 saturated carbocycles. The Hall–Kier alpha value is -0.350. The summed E-state index contributed by atoms with van der Waals surface area (Å²) in [5, 5.41) is 4.62. The number of aromatic nitrogens is 2. The van der Waals surface area contributed by atoms with Gasteiger partial charge in [0.25, 0.3) is 0 Å². The van der Waals surface area contributed by atoms with Gasteiger partial charge in [-0.2, -0.15) is 4.37 Å². The van der Waals surface area contributed by atoms with Crippen LogP contribution in [0.3, 0.4) is 0 Å². The first-order valence-corrected chi connectivity index (χ1v) is 5.72. The lowest BCUT2D eigenvalue weighted by Gasteiger charge is -2.31. The van der Waals surface area contributed by atoms with Gasteiger partial charge in [0.15, 0.2) is 0 Å². The molecule has 0 atom stereocenters. The van der Waals surface area contributed by atoms with Gasteiger partial charge in [0.05, 0.1) is 0 Å². The first-order valence-electron chi connectivity index (χ1n) is 4.51. The Morgan fingerprint density at radius 2 is 2.38 bits per heavy atom. The second-order valence-electron chi connectivity index (χ2n) is 3.28. The molecule has 1 aromatic rings. The van der Waals surface area contributed by atoms with E-state index >= 15 is 0 Å². The summed E-state index contributed by atoms with van der Waals surface area (Å²) in [6, 6.07) is 0.514. The van der Waals surface area contributed by atoms with Crippen LogP contribution < -0.4 is 5.32 Å². The van der Waals surface area contributed by atoms with Gasteiger partial charge in [0, 0.05) is 29.4 Å². The first kappa shape index (κ1) is 9.21. The smallest absolute Gasteiger partial charge is 0.202 e. The van der Waals surface area contributed by atoms with Crippen molar-refractivity contribution in [2.24, 2.45) is 0 Å². The number of halogens is 1. The lowest BCUT2D eigenvalue weighted by Crippen LogP contribution is -2.35. The van der Waals surface area contributed by atoms with Crippen molar-refractivity contribution >= 4 is 28.3 Å². The van der Waals surface area contributed by atoms with Crippen LogP contribution in [0.1, 0.15) is 25.6 Å². The summed E-state index contributed by atoms with van der Waals surface area (Å²) in [6.45, 7) is 2.06. The topological polar surface area (TPSA) is 37.8 Å². The van der Waals surface area contributed by atoms with Crippen LogP contribution in [0.4, 0.5) is 5.13 Å². The lowest BCUT2D eigenvalue weighted by atomic mass is 9.93. The van der Waals surface area contributed by atoms with E-state index in [1.54, 1.807) is 0 Å². The fraction of sp³-hybridized carbons (Fsp3) is 0.750. The van der Waals surface area contributed by atoms with Crippen LogP contribution >= 0.6 is 23.1 Å². The van der Waals surface area contributed by atoms with Gasteiger partial charge in [-0.25, -0.2) is 4.98 Å². The van der Waals surface area contributed by atoms with Gasteiger partial charge >= 0.3 is 0 Å². The molecule has 1 heterocycles. The van der Waals surface area contributed by atoms with Crippen LogP contribution in [0.5, 0.6) is 0 Å². The standard InChI is InChI=1S/C8H12ClN3S/c1-2-7-11-8(13-12-7)10-6-3-5(9)4-6/h5-6H,2-4H2,1H3,(H,10,11,12). The molecule has 3 nitrogen and oxygen atoms in total. The molecule has 0 aromatic carbocycles. The Kier molecular flexibility index (Phi) is 2.69. The molecule has 72 valence electrons. The maximum Gasteiger partial charge on any atom is 0.202 e. The van der Waals surface area contributed by atoms with Crippen molar-refractivity contribution in [1.82, 2.24) is 9.36 Å². The molecule has 0 radical (unpaired) electrons. The van der Waals surface area contributed by atoms with Crippen molar-refractivity contribution < 1.29 is 0 Å². The monoisotopic (exact) mass is 217 g/mol. The Balaban J connectivity index is 1.87. The van der Waals surface area contributed by atoms with E-state index in [4.69, 9.17) is 11.6 Å². The number of aryl methyl sites for hydroxylation is 1. The molecule has 0 spiro atoms. The molecule has 0 saturated heterocycles. The molecule has 0 amide bonds. The van der Waals surface area contributed by atoms with Crippen molar-refractivity contribution in [3.8, 4) is 0 Å². The van der Waals surface area contributed by atoms with E-state index < -0.39 is 0 Å². The van der Waals surface area contributed by atoms with Crippen LogP contribution in [0.25, 0.3) is 0 Å². The van der Waals surface area contributed by atoms with E-state index in [2.05, 4.69) is 21.6 Å². The highest BCUT2D eigenvalue weighted by Gasteiger charge is 2.27. The average molecular weight is 218 g/mol. The fourth-order valence-corrected chi connectivity index (χ4v) is 2.45. The Labute approximate surface area is 86.7 Å². The van der Waals surface area contributed by atoms with Gasteiger partial charge in [-0.1, -0.05) is 6.92 Å². The Bertz CT molecular complexity index is 283. The summed E-state index contributed by atoms with van der Waals surface area (Å²) < 4.78 is 4.20. The highest BCUT2D eigenvalue weighted by Crippen LogP contribution is 2.28. The average Bonchev–Trinajstić information content (AvgIpc) is 2.50. The summed E-state index contributed by atoms with van der Waals surface area (Å²) in [6.07, 6.45) is 2.99. The number of hydrogen-bond acceptors (Lipinski definition) is 4. The van der Waals surface area contributed by atoms with E-state index in [0.717, 1.165) is 30.2 Å². The van der Waals surface area contributed by atoms with Gasteiger partial charge in [-0.05, 0) is 12.8 Å². The number of anilines is 1. The van der Waals surface area contributed by atoms with Gasteiger partial charge < -0.3 is 5.32 Å². The molecule has 5 heteroatoms. The number of hydrogen-bond donors (Lipinski definition) is 1. The Morgan fingerprint density at radius 1 is 1.62 bits per heavy atom. The van der Waals surface area contributed by atoms with E-state index in [-0.39, 0.29) is 0 Å². The van der Waals surface area contributed by atoms with Crippen LogP contribution in [0, 0.1) is 0 Å². The van der Waals surface area contributed by atoms with Gasteiger partial charge in [-0.15, -0.1) is 11.6 Å². The minimum absolute atomic E-state index is 0.357. The summed E-state index contributed by atoms with van der Waals surface area (Å²) >= 11 is 7.31. The number of rotatable bonds is 3. The molecule has 1 aliphatic carbocycles.